The molecule has 0 unspecified atom stereocenters. The zero-order valence-electron chi connectivity index (χ0n) is 24.9. The second-order valence-electron chi connectivity index (χ2n) is 11.1. The van der Waals surface area contributed by atoms with Crippen LogP contribution in [0.1, 0.15) is 49.5 Å². The highest BCUT2D eigenvalue weighted by molar-refractivity contribution is 6.34. The maximum atomic E-state index is 13.7. The Balaban J connectivity index is 1.14. The van der Waals surface area contributed by atoms with Gasteiger partial charge in [-0.1, -0.05) is 72.3 Å². The molecule has 0 spiro atoms. The van der Waals surface area contributed by atoms with Gasteiger partial charge < -0.3 is 24.6 Å². The average molecular weight is 634 g/mol. The summed E-state index contributed by atoms with van der Waals surface area (Å²) in [5.74, 6) is -0.910. The molecule has 6 rings (SSSR count). The zero-order valence-corrected chi connectivity index (χ0v) is 25.7. The first kappa shape index (κ1) is 30.7. The van der Waals surface area contributed by atoms with Crippen LogP contribution >= 0.6 is 11.6 Å². The number of hydrogen-bond acceptors (Lipinski definition) is 4. The van der Waals surface area contributed by atoms with E-state index in [1.165, 1.54) is 12.1 Å². The lowest BCUT2D eigenvalue weighted by atomic mass is 10.1. The molecule has 0 bridgehead atoms. The summed E-state index contributed by atoms with van der Waals surface area (Å²) in [5, 5.41) is 12.4. The third-order valence-corrected chi connectivity index (χ3v) is 8.37. The van der Waals surface area contributed by atoms with Crippen LogP contribution in [-0.2, 0) is 6.54 Å². The van der Waals surface area contributed by atoms with Crippen molar-refractivity contribution < 1.29 is 24.2 Å². The lowest BCUT2D eigenvalue weighted by Crippen LogP contribution is -2.41. The van der Waals surface area contributed by atoms with Gasteiger partial charge in [0, 0.05) is 44.4 Å². The van der Waals surface area contributed by atoms with Crippen LogP contribution in [0.5, 0.6) is 5.75 Å². The summed E-state index contributed by atoms with van der Waals surface area (Å²) < 4.78 is 8.09. The van der Waals surface area contributed by atoms with Crippen LogP contribution in [0.2, 0.25) is 5.02 Å². The number of aromatic nitrogens is 1. The van der Waals surface area contributed by atoms with Crippen molar-refractivity contribution in [3.8, 4) is 17.0 Å². The summed E-state index contributed by atoms with van der Waals surface area (Å²) in [6.45, 7) is 1.55. The number of carboxylic acids is 1. The molecule has 1 aliphatic rings. The van der Waals surface area contributed by atoms with E-state index in [0.29, 0.717) is 60.1 Å². The van der Waals surface area contributed by atoms with Gasteiger partial charge in [0.2, 0.25) is 0 Å². The molecule has 9 heteroatoms. The van der Waals surface area contributed by atoms with Gasteiger partial charge >= 0.3 is 5.97 Å². The van der Waals surface area contributed by atoms with Crippen LogP contribution in [-0.4, -0.2) is 51.6 Å². The summed E-state index contributed by atoms with van der Waals surface area (Å²) in [4.78, 5) is 40.1. The highest BCUT2D eigenvalue weighted by atomic mass is 35.5. The number of piperidine rings is 1. The monoisotopic (exact) mass is 633 g/mol. The molecule has 2 heterocycles. The summed E-state index contributed by atoms with van der Waals surface area (Å²) in [6.07, 6.45) is 3.04. The third-order valence-electron chi connectivity index (χ3n) is 8.04. The van der Waals surface area contributed by atoms with Crippen LogP contribution < -0.4 is 10.1 Å². The maximum absolute atomic E-state index is 13.7. The predicted molar refractivity (Wildman–Crippen MR) is 178 cm³/mol. The highest BCUT2D eigenvalue weighted by Crippen LogP contribution is 2.29. The molecular formula is C37H32ClN3O5. The molecule has 0 saturated carbocycles. The number of halogens is 1. The molecule has 1 fully saturated rings. The first-order chi connectivity index (χ1) is 22.4. The Labute approximate surface area is 271 Å². The van der Waals surface area contributed by atoms with Crippen LogP contribution in [0.25, 0.3) is 11.3 Å². The van der Waals surface area contributed by atoms with Crippen LogP contribution in [0.15, 0.2) is 115 Å². The molecule has 2 amide bonds. The van der Waals surface area contributed by atoms with Gasteiger partial charge in [-0.2, -0.15) is 0 Å². The normalized spacial score (nSPS) is 13.3. The van der Waals surface area contributed by atoms with Gasteiger partial charge in [-0.3, -0.25) is 9.59 Å². The number of amides is 2. The number of nitrogens with zero attached hydrogens (tertiary/aromatic N) is 2. The molecule has 1 aliphatic heterocycles. The Kier molecular flexibility index (Phi) is 9.17. The van der Waals surface area contributed by atoms with Gasteiger partial charge in [-0.25, -0.2) is 4.79 Å². The van der Waals surface area contributed by atoms with Crippen molar-refractivity contribution in [3.63, 3.8) is 0 Å². The summed E-state index contributed by atoms with van der Waals surface area (Å²) in [5.41, 5.74) is 4.34. The van der Waals surface area contributed by atoms with E-state index < -0.39 is 5.97 Å². The van der Waals surface area contributed by atoms with E-state index in [2.05, 4.69) is 22.0 Å². The average Bonchev–Trinajstić information content (AvgIpc) is 3.50. The van der Waals surface area contributed by atoms with E-state index in [-0.39, 0.29) is 23.5 Å². The molecule has 0 aliphatic carbocycles. The minimum absolute atomic E-state index is 0.103. The lowest BCUT2D eigenvalue weighted by Gasteiger charge is -2.32. The zero-order chi connectivity index (χ0) is 32.0. The first-order valence-electron chi connectivity index (χ1n) is 15.0. The Morgan fingerprint density at radius 1 is 0.826 bits per heavy atom. The fraction of sp³-hybridized carbons (Fsp3) is 0.162. The number of anilines is 1. The number of nitrogens with one attached hydrogen (secondary N) is 1. The van der Waals surface area contributed by atoms with E-state index in [1.54, 1.807) is 35.2 Å². The Hall–Kier alpha value is -5.34. The van der Waals surface area contributed by atoms with Gasteiger partial charge in [0.25, 0.3) is 11.8 Å². The van der Waals surface area contributed by atoms with Crippen molar-refractivity contribution in [3.05, 3.63) is 143 Å². The maximum Gasteiger partial charge on any atom is 0.335 e. The van der Waals surface area contributed by atoms with Gasteiger partial charge in [-0.15, -0.1) is 0 Å². The van der Waals surface area contributed by atoms with Crippen LogP contribution in [0, 0.1) is 0 Å². The van der Waals surface area contributed by atoms with Gasteiger partial charge in [0.15, 0.2) is 0 Å². The van der Waals surface area contributed by atoms with Crippen molar-refractivity contribution in [2.24, 2.45) is 0 Å². The second-order valence-corrected chi connectivity index (χ2v) is 11.6. The van der Waals surface area contributed by atoms with E-state index in [9.17, 15) is 14.4 Å². The van der Waals surface area contributed by atoms with Crippen LogP contribution in [0.3, 0.4) is 0 Å². The lowest BCUT2D eigenvalue weighted by molar-refractivity contribution is 0.0595. The van der Waals surface area contributed by atoms with Gasteiger partial charge in [0.1, 0.15) is 11.9 Å². The summed E-state index contributed by atoms with van der Waals surface area (Å²) >= 11 is 6.49. The smallest absolute Gasteiger partial charge is 0.335 e. The molecule has 232 valence electrons. The molecule has 5 aromatic rings. The molecule has 0 radical (unpaired) electrons. The topological polar surface area (TPSA) is 101 Å². The van der Waals surface area contributed by atoms with E-state index in [0.717, 1.165) is 16.8 Å². The molecule has 0 atom stereocenters. The van der Waals surface area contributed by atoms with Crippen molar-refractivity contribution in [1.82, 2.24) is 9.47 Å². The Morgan fingerprint density at radius 2 is 1.50 bits per heavy atom. The molecular weight excluding hydrogens is 602 g/mol. The quantitative estimate of drug-likeness (QED) is 0.175. The van der Waals surface area contributed by atoms with E-state index in [4.69, 9.17) is 21.4 Å². The fourth-order valence-corrected chi connectivity index (χ4v) is 5.86. The van der Waals surface area contributed by atoms with Crippen molar-refractivity contribution >= 4 is 35.1 Å². The number of benzene rings is 4. The third kappa shape index (κ3) is 6.98. The Bertz CT molecular complexity index is 1850. The molecule has 1 aromatic heterocycles. The highest BCUT2D eigenvalue weighted by Gasteiger charge is 2.27. The van der Waals surface area contributed by atoms with Gasteiger partial charge in [0.05, 0.1) is 27.4 Å². The molecule has 4 aromatic carbocycles. The van der Waals surface area contributed by atoms with Crippen LogP contribution in [0.4, 0.5) is 5.69 Å². The van der Waals surface area contributed by atoms with Gasteiger partial charge in [-0.05, 0) is 59.7 Å². The molecule has 8 nitrogen and oxygen atoms in total. The predicted octanol–water partition coefficient (Wildman–Crippen LogP) is 7.49. The number of carboxylic acid groups (broad SMARTS) is 1. The number of likely N-dealkylation sites (tertiary alicyclic amines) is 1. The number of carbonyl (C=O) groups excluding carboxylic acids is 2. The molecule has 2 N–H and O–H groups in total. The summed E-state index contributed by atoms with van der Waals surface area (Å²) in [7, 11) is 0. The van der Waals surface area contributed by atoms with Crippen molar-refractivity contribution in [1.29, 1.82) is 0 Å². The molecule has 46 heavy (non-hydrogen) atoms. The summed E-state index contributed by atoms with van der Waals surface area (Å²) in [6, 6.07) is 32.9. The number of ether oxygens (including phenoxy) is 1. The standard InChI is InChI=1S/C37H32ClN3O5/c38-33-16-13-28(23-32(33)36(43)40-20-17-30(18-21-40)46-29-14-11-27(12-15-29)37(44)45)39-35(42)31-19-22-41(24-25-7-3-1-4-8-25)34(31)26-9-5-2-6-10-26/h1-16,19,22-23,30H,17-18,20-21,24H2,(H,39,42)(H,44,45). The number of aromatic carboxylic acids is 1. The fourth-order valence-electron chi connectivity index (χ4n) is 5.67. The number of hydrogen-bond donors (Lipinski definition) is 2. The van der Waals surface area contributed by atoms with E-state index >= 15 is 0 Å². The second kappa shape index (κ2) is 13.7. The minimum atomic E-state index is -0.990. The first-order valence-corrected chi connectivity index (χ1v) is 15.4. The van der Waals surface area contributed by atoms with Crippen molar-refractivity contribution in [2.75, 3.05) is 18.4 Å². The Morgan fingerprint density at radius 3 is 2.17 bits per heavy atom. The van der Waals surface area contributed by atoms with Crippen molar-refractivity contribution in [2.45, 2.75) is 25.5 Å². The number of carbonyl (C=O) groups is 3. The number of rotatable bonds is 9. The van der Waals surface area contributed by atoms with E-state index in [1.807, 2.05) is 60.8 Å². The minimum Gasteiger partial charge on any atom is -0.490 e. The largest absolute Gasteiger partial charge is 0.490 e. The SMILES string of the molecule is O=C(O)c1ccc(OC2CCN(C(=O)c3cc(NC(=O)c4ccn(Cc5ccccc5)c4-c4ccccc4)ccc3Cl)CC2)cc1. The molecule has 1 saturated heterocycles.